The van der Waals surface area contributed by atoms with Crippen LogP contribution in [0.25, 0.3) is 0 Å². The molecule has 1 atom stereocenters. The van der Waals surface area contributed by atoms with Crippen LogP contribution in [0, 0.1) is 5.92 Å². The van der Waals surface area contributed by atoms with Gasteiger partial charge in [-0.25, -0.2) is 0 Å². The van der Waals surface area contributed by atoms with Crippen molar-refractivity contribution in [2.45, 2.75) is 32.2 Å². The van der Waals surface area contributed by atoms with E-state index in [9.17, 15) is 10.2 Å². The number of nitrogens with one attached hydrogen (secondary N) is 1. The lowest BCUT2D eigenvalue weighted by Crippen LogP contribution is -2.21. The van der Waals surface area contributed by atoms with Crippen molar-refractivity contribution in [2.24, 2.45) is 5.92 Å². The molecule has 4 nitrogen and oxygen atoms in total. The second-order valence-electron chi connectivity index (χ2n) is 5.26. The van der Waals surface area contributed by atoms with Crippen LogP contribution >= 0.6 is 0 Å². The van der Waals surface area contributed by atoms with Crippen molar-refractivity contribution >= 4 is 0 Å². The smallest absolute Gasteiger partial charge is 0.124 e. The third-order valence-electron chi connectivity index (χ3n) is 3.46. The standard InChI is InChI=1S/C15H23NO3/c1-11(15-13(17)4-2-5-14(15)18)16-8-3-9-19-10-12-6-7-12/h2,4-5,11-12,16-18H,3,6-10H2,1H3. The predicted molar refractivity (Wildman–Crippen MR) is 74.3 cm³/mol. The lowest BCUT2D eigenvalue weighted by Gasteiger charge is -2.16. The second-order valence-corrected chi connectivity index (χ2v) is 5.26. The van der Waals surface area contributed by atoms with Gasteiger partial charge in [-0.05, 0) is 50.8 Å². The normalized spacial score (nSPS) is 16.5. The summed E-state index contributed by atoms with van der Waals surface area (Å²) in [6.07, 6.45) is 3.58. The number of hydrogen-bond donors (Lipinski definition) is 3. The Kier molecular flexibility index (Phi) is 5.05. The first-order valence-electron chi connectivity index (χ1n) is 7.00. The van der Waals surface area contributed by atoms with Gasteiger partial charge in [0.05, 0.1) is 5.56 Å². The molecule has 1 aliphatic carbocycles. The Morgan fingerprint density at radius 3 is 2.63 bits per heavy atom. The van der Waals surface area contributed by atoms with Crippen molar-refractivity contribution < 1.29 is 14.9 Å². The van der Waals surface area contributed by atoms with E-state index in [1.165, 1.54) is 12.8 Å². The monoisotopic (exact) mass is 265 g/mol. The molecular formula is C15H23NO3. The summed E-state index contributed by atoms with van der Waals surface area (Å²) < 4.78 is 5.55. The quantitative estimate of drug-likeness (QED) is 0.632. The van der Waals surface area contributed by atoms with E-state index in [1.54, 1.807) is 18.2 Å². The van der Waals surface area contributed by atoms with E-state index in [-0.39, 0.29) is 17.5 Å². The van der Waals surface area contributed by atoms with Crippen LogP contribution in [-0.4, -0.2) is 30.0 Å². The van der Waals surface area contributed by atoms with Gasteiger partial charge in [0.2, 0.25) is 0 Å². The van der Waals surface area contributed by atoms with Crippen LogP contribution in [0.4, 0.5) is 0 Å². The highest BCUT2D eigenvalue weighted by molar-refractivity contribution is 5.44. The van der Waals surface area contributed by atoms with E-state index in [2.05, 4.69) is 5.32 Å². The second kappa shape index (κ2) is 6.78. The first kappa shape index (κ1) is 14.2. The molecule has 1 unspecified atom stereocenters. The van der Waals surface area contributed by atoms with Gasteiger partial charge in [0, 0.05) is 19.3 Å². The molecule has 19 heavy (non-hydrogen) atoms. The molecule has 3 N–H and O–H groups in total. The highest BCUT2D eigenvalue weighted by Crippen LogP contribution is 2.32. The Morgan fingerprint density at radius 2 is 2.00 bits per heavy atom. The van der Waals surface area contributed by atoms with E-state index in [0.717, 1.165) is 32.1 Å². The number of phenols is 2. The minimum atomic E-state index is -0.0790. The van der Waals surface area contributed by atoms with Gasteiger partial charge >= 0.3 is 0 Å². The summed E-state index contributed by atoms with van der Waals surface area (Å²) >= 11 is 0. The first-order chi connectivity index (χ1) is 9.18. The molecule has 0 bridgehead atoms. The Morgan fingerprint density at radius 1 is 1.32 bits per heavy atom. The number of hydrogen-bond acceptors (Lipinski definition) is 4. The molecule has 0 spiro atoms. The molecule has 106 valence electrons. The van der Waals surface area contributed by atoms with E-state index < -0.39 is 0 Å². The van der Waals surface area contributed by atoms with Crippen LogP contribution in [-0.2, 0) is 4.74 Å². The van der Waals surface area contributed by atoms with Gasteiger partial charge in [0.25, 0.3) is 0 Å². The van der Waals surface area contributed by atoms with Crippen molar-refractivity contribution in [1.29, 1.82) is 0 Å². The average Bonchev–Trinajstić information content (AvgIpc) is 3.17. The lowest BCUT2D eigenvalue weighted by molar-refractivity contribution is 0.121. The van der Waals surface area contributed by atoms with Crippen LogP contribution in [0.5, 0.6) is 11.5 Å². The Bertz CT molecular complexity index is 384. The predicted octanol–water partition coefficient (Wildman–Crippen LogP) is 2.57. The minimum Gasteiger partial charge on any atom is -0.507 e. The molecule has 1 saturated carbocycles. The summed E-state index contributed by atoms with van der Waals surface area (Å²) in [5, 5.41) is 22.8. The SMILES string of the molecule is CC(NCCCOCC1CC1)c1c(O)cccc1O. The molecule has 4 heteroatoms. The van der Waals surface area contributed by atoms with Gasteiger partial charge in [-0.15, -0.1) is 0 Å². The molecule has 0 radical (unpaired) electrons. The molecule has 2 rings (SSSR count). The van der Waals surface area contributed by atoms with Crippen LogP contribution in [0.2, 0.25) is 0 Å². The zero-order valence-electron chi connectivity index (χ0n) is 11.4. The fourth-order valence-electron chi connectivity index (χ4n) is 2.11. The number of benzene rings is 1. The molecule has 1 aliphatic rings. The van der Waals surface area contributed by atoms with Gasteiger partial charge in [-0.3, -0.25) is 0 Å². The maximum Gasteiger partial charge on any atom is 0.124 e. The molecule has 0 aromatic heterocycles. The highest BCUT2D eigenvalue weighted by Gasteiger charge is 2.20. The third-order valence-corrected chi connectivity index (χ3v) is 3.46. The van der Waals surface area contributed by atoms with Crippen LogP contribution in [0.1, 0.15) is 37.8 Å². The van der Waals surface area contributed by atoms with E-state index in [4.69, 9.17) is 4.74 Å². The van der Waals surface area contributed by atoms with E-state index >= 15 is 0 Å². The zero-order valence-corrected chi connectivity index (χ0v) is 11.4. The lowest BCUT2D eigenvalue weighted by atomic mass is 10.1. The Labute approximate surface area is 114 Å². The van der Waals surface area contributed by atoms with Gasteiger partial charge in [0.15, 0.2) is 0 Å². The number of aromatic hydroxyl groups is 2. The summed E-state index contributed by atoms with van der Waals surface area (Å²) in [6.45, 7) is 4.40. The van der Waals surface area contributed by atoms with Crippen LogP contribution in [0.3, 0.4) is 0 Å². The summed E-state index contributed by atoms with van der Waals surface area (Å²) in [7, 11) is 0. The van der Waals surface area contributed by atoms with Gasteiger partial charge in [0.1, 0.15) is 11.5 Å². The van der Waals surface area contributed by atoms with Crippen molar-refractivity contribution in [3.05, 3.63) is 23.8 Å². The van der Waals surface area contributed by atoms with Crippen molar-refractivity contribution in [3.63, 3.8) is 0 Å². The van der Waals surface area contributed by atoms with E-state index in [0.29, 0.717) is 5.56 Å². The highest BCUT2D eigenvalue weighted by atomic mass is 16.5. The van der Waals surface area contributed by atoms with Crippen LogP contribution in [0.15, 0.2) is 18.2 Å². The fourth-order valence-corrected chi connectivity index (χ4v) is 2.11. The van der Waals surface area contributed by atoms with Gasteiger partial charge in [-0.2, -0.15) is 0 Å². The van der Waals surface area contributed by atoms with Crippen LogP contribution < -0.4 is 5.32 Å². The number of rotatable bonds is 8. The topological polar surface area (TPSA) is 61.7 Å². The van der Waals surface area contributed by atoms with E-state index in [1.807, 2.05) is 6.92 Å². The molecule has 1 aromatic rings. The van der Waals surface area contributed by atoms with Crippen molar-refractivity contribution in [3.8, 4) is 11.5 Å². The summed E-state index contributed by atoms with van der Waals surface area (Å²) in [6, 6.07) is 4.73. The summed E-state index contributed by atoms with van der Waals surface area (Å²) in [4.78, 5) is 0. The molecular weight excluding hydrogens is 242 g/mol. The summed E-state index contributed by atoms with van der Waals surface area (Å²) in [5.41, 5.74) is 0.557. The maximum absolute atomic E-state index is 9.75. The number of phenolic OH excluding ortho intramolecular Hbond substituents is 2. The van der Waals surface area contributed by atoms with Crippen molar-refractivity contribution in [2.75, 3.05) is 19.8 Å². The molecule has 0 saturated heterocycles. The fraction of sp³-hybridized carbons (Fsp3) is 0.600. The third kappa shape index (κ3) is 4.40. The summed E-state index contributed by atoms with van der Waals surface area (Å²) in [5.74, 6) is 1.07. The molecule has 0 amide bonds. The number of ether oxygens (including phenoxy) is 1. The molecule has 0 heterocycles. The van der Waals surface area contributed by atoms with Crippen molar-refractivity contribution in [1.82, 2.24) is 5.32 Å². The molecule has 1 fully saturated rings. The maximum atomic E-state index is 9.75. The van der Waals surface area contributed by atoms with Gasteiger partial charge < -0.3 is 20.3 Å². The molecule has 1 aromatic carbocycles. The first-order valence-corrected chi connectivity index (χ1v) is 7.00. The minimum absolute atomic E-state index is 0.0790. The Hall–Kier alpha value is -1.26. The Balaban J connectivity index is 1.66. The zero-order chi connectivity index (χ0) is 13.7. The van der Waals surface area contributed by atoms with Gasteiger partial charge in [-0.1, -0.05) is 6.07 Å². The average molecular weight is 265 g/mol. The molecule has 0 aliphatic heterocycles. The largest absolute Gasteiger partial charge is 0.507 e.